The first-order chi connectivity index (χ1) is 12.8. The van der Waals surface area contributed by atoms with Crippen molar-refractivity contribution in [1.29, 1.82) is 0 Å². The van der Waals surface area contributed by atoms with E-state index in [0.717, 1.165) is 24.5 Å². The molecule has 1 aliphatic heterocycles. The van der Waals surface area contributed by atoms with E-state index in [9.17, 15) is 4.79 Å². The smallest absolute Gasteiger partial charge is 0.407 e. The van der Waals surface area contributed by atoms with Crippen LogP contribution in [0.15, 0.2) is 29.3 Å². The van der Waals surface area contributed by atoms with Gasteiger partial charge in [-0.2, -0.15) is 0 Å². The number of hydrogen-bond acceptors (Lipinski definition) is 4. The minimum absolute atomic E-state index is 0.0587. The third-order valence-electron chi connectivity index (χ3n) is 4.17. The van der Waals surface area contributed by atoms with Crippen LogP contribution in [-0.2, 0) is 22.6 Å². The number of rotatable bonds is 5. The molecule has 1 aromatic carbocycles. The average Bonchev–Trinajstić information content (AvgIpc) is 3.02. The van der Waals surface area contributed by atoms with Crippen LogP contribution < -0.4 is 10.6 Å². The predicted octanol–water partition coefficient (Wildman–Crippen LogP) is 2.51. The average molecular weight is 377 g/mol. The van der Waals surface area contributed by atoms with Crippen molar-refractivity contribution < 1.29 is 14.3 Å². The third-order valence-corrected chi connectivity index (χ3v) is 4.17. The molecule has 1 fully saturated rings. The van der Waals surface area contributed by atoms with E-state index in [1.807, 2.05) is 26.8 Å². The second-order valence-electron chi connectivity index (χ2n) is 7.73. The number of aliphatic imine (C=N–C) groups is 1. The van der Waals surface area contributed by atoms with Crippen LogP contribution in [0.2, 0.25) is 0 Å². The first-order valence-corrected chi connectivity index (χ1v) is 9.32. The molecule has 1 heterocycles. The summed E-state index contributed by atoms with van der Waals surface area (Å²) in [6.07, 6.45) is 0.496. The first-order valence-electron chi connectivity index (χ1n) is 9.32. The molecule has 1 amide bonds. The summed E-state index contributed by atoms with van der Waals surface area (Å²) in [5.74, 6) is 0.834. The van der Waals surface area contributed by atoms with Gasteiger partial charge in [0.1, 0.15) is 5.60 Å². The van der Waals surface area contributed by atoms with Gasteiger partial charge in [0.05, 0.1) is 12.6 Å². The van der Waals surface area contributed by atoms with Crippen LogP contribution in [0.5, 0.6) is 0 Å². The van der Waals surface area contributed by atoms with Gasteiger partial charge in [-0.1, -0.05) is 24.3 Å². The zero-order valence-electron chi connectivity index (χ0n) is 17.0. The van der Waals surface area contributed by atoms with Gasteiger partial charge in [-0.15, -0.1) is 0 Å². The molecule has 1 atom stereocenters. The number of ether oxygens (including phenoxy) is 2. The summed E-state index contributed by atoms with van der Waals surface area (Å²) in [5.41, 5.74) is 1.83. The van der Waals surface area contributed by atoms with Gasteiger partial charge >= 0.3 is 6.09 Å². The van der Waals surface area contributed by atoms with Gasteiger partial charge in [0.25, 0.3) is 0 Å². The van der Waals surface area contributed by atoms with Gasteiger partial charge in [-0.05, 0) is 38.3 Å². The summed E-state index contributed by atoms with van der Waals surface area (Å²) in [7, 11) is 3.47. The van der Waals surface area contributed by atoms with Crippen LogP contribution in [0.1, 0.15) is 38.3 Å². The Morgan fingerprint density at radius 1 is 1.33 bits per heavy atom. The fraction of sp³-hybridized carbons (Fsp3) is 0.600. The molecule has 150 valence electrons. The number of guanidine groups is 1. The Hall–Kier alpha value is -2.28. The van der Waals surface area contributed by atoms with Crippen LogP contribution in [0, 0.1) is 0 Å². The zero-order valence-corrected chi connectivity index (χ0v) is 17.0. The molecule has 0 aliphatic carbocycles. The summed E-state index contributed by atoms with van der Waals surface area (Å²) in [4.78, 5) is 18.5. The molecular formula is C20H32N4O3. The fourth-order valence-electron chi connectivity index (χ4n) is 3.05. The summed E-state index contributed by atoms with van der Waals surface area (Å²) in [6, 6.07) is 8.35. The maximum Gasteiger partial charge on any atom is 0.407 e. The van der Waals surface area contributed by atoms with Crippen molar-refractivity contribution >= 4 is 12.1 Å². The molecule has 1 aliphatic rings. The van der Waals surface area contributed by atoms with E-state index in [-0.39, 0.29) is 12.1 Å². The molecule has 0 radical (unpaired) electrons. The number of alkyl carbamates (subject to hydrolysis) is 1. The van der Waals surface area contributed by atoms with E-state index >= 15 is 0 Å². The van der Waals surface area contributed by atoms with Crippen LogP contribution in [0.4, 0.5) is 4.79 Å². The molecule has 1 aromatic rings. The minimum atomic E-state index is -0.489. The van der Waals surface area contributed by atoms with Crippen molar-refractivity contribution in [2.24, 2.45) is 4.99 Å². The van der Waals surface area contributed by atoms with Crippen molar-refractivity contribution in [3.05, 3.63) is 35.4 Å². The van der Waals surface area contributed by atoms with Gasteiger partial charge in [0.15, 0.2) is 5.96 Å². The largest absolute Gasteiger partial charge is 0.444 e. The second-order valence-corrected chi connectivity index (χ2v) is 7.73. The minimum Gasteiger partial charge on any atom is -0.444 e. The number of benzene rings is 1. The number of likely N-dealkylation sites (tertiary alicyclic amines) is 1. The number of carbonyl (C=O) groups is 1. The summed E-state index contributed by atoms with van der Waals surface area (Å²) in [5, 5.41) is 6.34. The molecule has 27 heavy (non-hydrogen) atoms. The lowest BCUT2D eigenvalue weighted by Crippen LogP contribution is -2.44. The van der Waals surface area contributed by atoms with Crippen LogP contribution >= 0.6 is 0 Å². The van der Waals surface area contributed by atoms with Crippen molar-refractivity contribution in [3.8, 4) is 0 Å². The van der Waals surface area contributed by atoms with E-state index < -0.39 is 5.60 Å². The third kappa shape index (κ3) is 7.09. The van der Waals surface area contributed by atoms with Crippen molar-refractivity contribution in [3.63, 3.8) is 0 Å². The lowest BCUT2D eigenvalue weighted by atomic mass is 10.1. The van der Waals surface area contributed by atoms with E-state index in [4.69, 9.17) is 9.47 Å². The van der Waals surface area contributed by atoms with Gasteiger partial charge in [-0.3, -0.25) is 4.99 Å². The lowest BCUT2D eigenvalue weighted by molar-refractivity contribution is 0.0507. The van der Waals surface area contributed by atoms with Crippen molar-refractivity contribution in [1.82, 2.24) is 15.5 Å². The predicted molar refractivity (Wildman–Crippen MR) is 107 cm³/mol. The fourth-order valence-corrected chi connectivity index (χ4v) is 3.05. The molecule has 0 bridgehead atoms. The summed E-state index contributed by atoms with van der Waals surface area (Å²) >= 11 is 0. The Balaban J connectivity index is 1.84. The summed E-state index contributed by atoms with van der Waals surface area (Å²) in [6.45, 7) is 8.42. The highest BCUT2D eigenvalue weighted by molar-refractivity contribution is 5.80. The maximum absolute atomic E-state index is 11.9. The Kier molecular flexibility index (Phi) is 7.47. The van der Waals surface area contributed by atoms with Crippen molar-refractivity contribution in [2.45, 2.75) is 52.0 Å². The molecule has 2 rings (SSSR count). The number of carbonyl (C=O) groups excluding carboxylic acids is 1. The second kappa shape index (κ2) is 9.60. The highest BCUT2D eigenvalue weighted by Gasteiger charge is 2.27. The molecule has 0 spiro atoms. The van der Waals surface area contributed by atoms with Gasteiger partial charge in [0, 0.05) is 33.8 Å². The lowest BCUT2D eigenvalue weighted by Gasteiger charge is -2.23. The van der Waals surface area contributed by atoms with E-state index in [2.05, 4.69) is 38.7 Å². The molecule has 0 aromatic heterocycles. The number of amides is 1. The topological polar surface area (TPSA) is 75.2 Å². The first kappa shape index (κ1) is 21.0. The van der Waals surface area contributed by atoms with Crippen LogP contribution in [0.3, 0.4) is 0 Å². The normalized spacial score (nSPS) is 17.7. The van der Waals surface area contributed by atoms with Crippen LogP contribution in [0.25, 0.3) is 0 Å². The van der Waals surface area contributed by atoms with Gasteiger partial charge < -0.3 is 25.0 Å². The van der Waals surface area contributed by atoms with Crippen LogP contribution in [-0.4, -0.2) is 55.8 Å². The number of nitrogens with zero attached hydrogens (tertiary/aromatic N) is 2. The monoisotopic (exact) mass is 376 g/mol. The Bertz CT molecular complexity index is 655. The number of methoxy groups -OCH3 is 1. The van der Waals surface area contributed by atoms with Gasteiger partial charge in [0.2, 0.25) is 0 Å². The Morgan fingerprint density at radius 3 is 2.74 bits per heavy atom. The van der Waals surface area contributed by atoms with Crippen molar-refractivity contribution in [2.75, 3.05) is 27.2 Å². The molecule has 7 heteroatoms. The highest BCUT2D eigenvalue weighted by Crippen LogP contribution is 2.12. The Labute approximate surface area is 162 Å². The van der Waals surface area contributed by atoms with Gasteiger partial charge in [-0.25, -0.2) is 4.79 Å². The molecule has 0 saturated carbocycles. The quantitative estimate of drug-likeness (QED) is 0.610. The standard InChI is InChI=1S/C20H32N4O3/c1-20(2,3)27-19(25)23-17-9-10-24(13-17)18(21-4)22-12-15-7-6-8-16(11-15)14-26-5/h6-8,11,17H,9-10,12-14H2,1-5H3,(H,21,22)(H,23,25). The molecule has 1 saturated heterocycles. The molecule has 7 nitrogen and oxygen atoms in total. The molecular weight excluding hydrogens is 344 g/mol. The zero-order chi connectivity index (χ0) is 19.9. The van der Waals surface area contributed by atoms with E-state index in [0.29, 0.717) is 19.7 Å². The highest BCUT2D eigenvalue weighted by atomic mass is 16.6. The maximum atomic E-state index is 11.9. The number of hydrogen-bond donors (Lipinski definition) is 2. The Morgan fingerprint density at radius 2 is 2.07 bits per heavy atom. The van der Waals surface area contributed by atoms with E-state index in [1.165, 1.54) is 5.56 Å². The van der Waals surface area contributed by atoms with E-state index in [1.54, 1.807) is 14.2 Å². The SMILES string of the molecule is CN=C(NCc1cccc(COC)c1)N1CCC(NC(=O)OC(C)(C)C)C1. The molecule has 2 N–H and O–H groups in total. The summed E-state index contributed by atoms with van der Waals surface area (Å²) < 4.78 is 10.5. The number of nitrogens with one attached hydrogen (secondary N) is 2. The molecule has 1 unspecified atom stereocenters.